The molecule has 0 aliphatic heterocycles. The molecule has 0 radical (unpaired) electrons. The number of rotatable bonds is 4. The zero-order valence-corrected chi connectivity index (χ0v) is 15.0. The molecule has 1 aromatic carbocycles. The largest absolute Gasteiger partial charge is 0.481 e. The summed E-state index contributed by atoms with van der Waals surface area (Å²) in [4.78, 5) is 4.51. The Morgan fingerprint density at radius 1 is 1.32 bits per heavy atom. The van der Waals surface area contributed by atoms with Gasteiger partial charge in [-0.05, 0) is 52.0 Å². The molecule has 22 heavy (non-hydrogen) atoms. The van der Waals surface area contributed by atoms with Crippen LogP contribution in [0.15, 0.2) is 24.3 Å². The van der Waals surface area contributed by atoms with Gasteiger partial charge in [0.15, 0.2) is 0 Å². The molecule has 2 atom stereocenters. The minimum atomic E-state index is -1.18. The molecule has 0 saturated carbocycles. The van der Waals surface area contributed by atoms with Crippen LogP contribution in [0, 0.1) is 0 Å². The van der Waals surface area contributed by atoms with E-state index >= 15 is 0 Å². The first kappa shape index (κ1) is 17.2. The number of pyridine rings is 1. The Bertz CT molecular complexity index is 713. The van der Waals surface area contributed by atoms with E-state index in [1.807, 2.05) is 45.9 Å². The van der Waals surface area contributed by atoms with Crippen molar-refractivity contribution >= 4 is 33.5 Å². The zero-order chi connectivity index (χ0) is 16.5. The predicted molar refractivity (Wildman–Crippen MR) is 92.8 cm³/mol. The first-order chi connectivity index (χ1) is 10.2. The quantitative estimate of drug-likeness (QED) is 0.914. The second kappa shape index (κ2) is 6.52. The van der Waals surface area contributed by atoms with Crippen LogP contribution in [-0.2, 0) is 11.0 Å². The van der Waals surface area contributed by atoms with Crippen molar-refractivity contribution in [2.24, 2.45) is 0 Å². The first-order valence-corrected chi connectivity index (χ1v) is 8.57. The van der Waals surface area contributed by atoms with Gasteiger partial charge in [-0.1, -0.05) is 11.6 Å². The Hall–Kier alpha value is -1.17. The number of halogens is 1. The molecule has 0 aliphatic carbocycles. The summed E-state index contributed by atoms with van der Waals surface area (Å²) in [5.41, 5.74) is 1.67. The Morgan fingerprint density at radius 3 is 2.59 bits per heavy atom. The van der Waals surface area contributed by atoms with Crippen LogP contribution in [0.1, 0.15) is 39.3 Å². The van der Waals surface area contributed by atoms with Gasteiger partial charge in [0.05, 0.1) is 28.4 Å². The lowest BCUT2D eigenvalue weighted by Crippen LogP contribution is -2.35. The van der Waals surface area contributed by atoms with Gasteiger partial charge < -0.3 is 4.74 Å². The molecule has 120 valence electrons. The van der Waals surface area contributed by atoms with Gasteiger partial charge in [-0.25, -0.2) is 13.9 Å². The van der Waals surface area contributed by atoms with E-state index < -0.39 is 11.0 Å². The van der Waals surface area contributed by atoms with Crippen LogP contribution >= 0.6 is 11.6 Å². The maximum absolute atomic E-state index is 12.3. The van der Waals surface area contributed by atoms with Crippen molar-refractivity contribution in [2.45, 2.75) is 38.5 Å². The van der Waals surface area contributed by atoms with E-state index in [4.69, 9.17) is 16.3 Å². The van der Waals surface area contributed by atoms with Gasteiger partial charge in [0.25, 0.3) is 0 Å². The number of nitrogens with zero attached hydrogens (tertiary/aromatic N) is 1. The van der Waals surface area contributed by atoms with E-state index in [0.29, 0.717) is 10.9 Å². The van der Waals surface area contributed by atoms with Gasteiger partial charge in [-0.15, -0.1) is 0 Å². The van der Waals surface area contributed by atoms with E-state index in [0.717, 1.165) is 16.5 Å². The highest BCUT2D eigenvalue weighted by Gasteiger charge is 2.23. The van der Waals surface area contributed by atoms with Crippen molar-refractivity contribution in [3.8, 4) is 5.88 Å². The summed E-state index contributed by atoms with van der Waals surface area (Å²) in [6, 6.07) is 7.33. The lowest BCUT2D eigenvalue weighted by Gasteiger charge is -2.23. The topological polar surface area (TPSA) is 51.2 Å². The third-order valence-electron chi connectivity index (χ3n) is 3.27. The van der Waals surface area contributed by atoms with Crippen LogP contribution in [0.3, 0.4) is 0 Å². The molecule has 0 bridgehead atoms. The van der Waals surface area contributed by atoms with Crippen LogP contribution in [-0.4, -0.2) is 21.0 Å². The Morgan fingerprint density at radius 2 is 2.00 bits per heavy atom. The number of ether oxygens (including phenoxy) is 1. The fourth-order valence-corrected chi connectivity index (χ4v) is 3.00. The molecule has 0 amide bonds. The van der Waals surface area contributed by atoms with Crippen molar-refractivity contribution in [3.63, 3.8) is 0 Å². The van der Waals surface area contributed by atoms with Crippen LogP contribution in [0.4, 0.5) is 0 Å². The third-order valence-corrected chi connectivity index (χ3v) is 5.18. The monoisotopic (exact) mass is 340 g/mol. The molecular formula is C16H21ClN2O2S. The SMILES string of the molecule is COc1nc2ccc(Cl)cc2cc1[C@H](C)NS(=O)C(C)(C)C. The number of hydrogen-bond acceptors (Lipinski definition) is 3. The lowest BCUT2D eigenvalue weighted by molar-refractivity contribution is 0.390. The van der Waals surface area contributed by atoms with Gasteiger partial charge in [0.1, 0.15) is 0 Å². The summed E-state index contributed by atoms with van der Waals surface area (Å²) >= 11 is 6.05. The molecule has 1 N–H and O–H groups in total. The summed E-state index contributed by atoms with van der Waals surface area (Å²) in [6.45, 7) is 7.73. The molecule has 0 fully saturated rings. The van der Waals surface area contributed by atoms with Crippen LogP contribution in [0.5, 0.6) is 5.88 Å². The lowest BCUT2D eigenvalue weighted by atomic mass is 10.1. The Kier molecular flexibility index (Phi) is 5.10. The van der Waals surface area contributed by atoms with Crippen molar-refractivity contribution in [2.75, 3.05) is 7.11 Å². The Labute approximate surface area is 138 Å². The molecule has 1 aromatic heterocycles. The third kappa shape index (κ3) is 3.77. The van der Waals surface area contributed by atoms with Gasteiger partial charge in [-0.3, -0.25) is 0 Å². The van der Waals surface area contributed by atoms with Gasteiger partial charge >= 0.3 is 0 Å². The Balaban J connectivity index is 2.42. The first-order valence-electron chi connectivity index (χ1n) is 7.04. The van der Waals surface area contributed by atoms with Crippen molar-refractivity contribution in [1.82, 2.24) is 9.71 Å². The fourth-order valence-electron chi connectivity index (χ4n) is 2.02. The number of nitrogens with one attached hydrogen (secondary N) is 1. The highest BCUT2D eigenvalue weighted by atomic mass is 35.5. The molecular weight excluding hydrogens is 320 g/mol. The summed E-state index contributed by atoms with van der Waals surface area (Å²) in [5.74, 6) is 0.528. The summed E-state index contributed by atoms with van der Waals surface area (Å²) in [5, 5.41) is 1.59. The molecule has 0 saturated heterocycles. The van der Waals surface area contributed by atoms with Crippen LogP contribution in [0.2, 0.25) is 5.02 Å². The number of methoxy groups -OCH3 is 1. The fraction of sp³-hybridized carbons (Fsp3) is 0.438. The van der Waals surface area contributed by atoms with Gasteiger partial charge in [0, 0.05) is 22.0 Å². The normalized spacial score (nSPS) is 14.8. The van der Waals surface area contributed by atoms with E-state index in [9.17, 15) is 4.21 Å². The summed E-state index contributed by atoms with van der Waals surface area (Å²) in [7, 11) is 0.409. The summed E-state index contributed by atoms with van der Waals surface area (Å²) in [6.07, 6.45) is 0. The summed E-state index contributed by atoms with van der Waals surface area (Å²) < 4.78 is 20.4. The smallest absolute Gasteiger partial charge is 0.218 e. The maximum Gasteiger partial charge on any atom is 0.218 e. The average Bonchev–Trinajstić information content (AvgIpc) is 2.44. The average molecular weight is 341 g/mol. The second-order valence-electron chi connectivity index (χ2n) is 6.14. The molecule has 1 heterocycles. The van der Waals surface area contributed by atoms with Gasteiger partial charge in [0.2, 0.25) is 5.88 Å². The standard InChI is InChI=1S/C16H21ClN2O2S/c1-10(19-22(20)16(2,3)4)13-9-11-8-12(17)6-7-14(11)18-15(13)21-5/h6-10,19H,1-5H3/t10-,22?/m0/s1. The number of fused-ring (bicyclic) bond motifs is 1. The zero-order valence-electron chi connectivity index (χ0n) is 13.4. The van der Waals surface area contributed by atoms with E-state index in [-0.39, 0.29) is 10.8 Å². The number of benzene rings is 1. The second-order valence-corrected chi connectivity index (χ2v) is 8.58. The molecule has 0 aliphatic rings. The highest BCUT2D eigenvalue weighted by Crippen LogP contribution is 2.29. The highest BCUT2D eigenvalue weighted by molar-refractivity contribution is 7.84. The molecule has 1 unspecified atom stereocenters. The predicted octanol–water partition coefficient (Wildman–Crippen LogP) is 4.01. The van der Waals surface area contributed by atoms with E-state index in [1.165, 1.54) is 0 Å². The van der Waals surface area contributed by atoms with Crippen molar-refractivity contribution in [1.29, 1.82) is 0 Å². The number of aromatic nitrogens is 1. The molecule has 2 aromatic rings. The van der Waals surface area contributed by atoms with Crippen LogP contribution in [0.25, 0.3) is 10.9 Å². The minimum absolute atomic E-state index is 0.161. The molecule has 6 heteroatoms. The van der Waals surface area contributed by atoms with Crippen molar-refractivity contribution < 1.29 is 8.95 Å². The van der Waals surface area contributed by atoms with E-state index in [1.54, 1.807) is 13.2 Å². The molecule has 0 spiro atoms. The maximum atomic E-state index is 12.3. The number of hydrogen-bond donors (Lipinski definition) is 1. The van der Waals surface area contributed by atoms with Crippen LogP contribution < -0.4 is 9.46 Å². The minimum Gasteiger partial charge on any atom is -0.481 e. The molecule has 2 rings (SSSR count). The van der Waals surface area contributed by atoms with Gasteiger partial charge in [-0.2, -0.15) is 0 Å². The molecule has 4 nitrogen and oxygen atoms in total. The van der Waals surface area contributed by atoms with E-state index in [2.05, 4.69) is 9.71 Å². The van der Waals surface area contributed by atoms with Crippen molar-refractivity contribution in [3.05, 3.63) is 34.9 Å².